The maximum absolute atomic E-state index is 13.0. The third-order valence-electron chi connectivity index (χ3n) is 3.83. The summed E-state index contributed by atoms with van der Waals surface area (Å²) in [7, 11) is 0. The van der Waals surface area contributed by atoms with E-state index >= 15 is 0 Å². The van der Waals surface area contributed by atoms with Crippen LogP contribution in [0.2, 0.25) is 0 Å². The molecule has 1 aliphatic rings. The molecule has 6 heteroatoms. The minimum absolute atomic E-state index is 0.0707. The summed E-state index contributed by atoms with van der Waals surface area (Å²) < 4.78 is 18.4. The van der Waals surface area contributed by atoms with Crippen molar-refractivity contribution in [1.29, 1.82) is 0 Å². The van der Waals surface area contributed by atoms with Gasteiger partial charge in [0.1, 0.15) is 11.4 Å². The van der Waals surface area contributed by atoms with Gasteiger partial charge in [-0.3, -0.25) is 4.90 Å². The molecule has 1 fully saturated rings. The van der Waals surface area contributed by atoms with E-state index in [0.29, 0.717) is 26.2 Å². The highest BCUT2D eigenvalue weighted by molar-refractivity contribution is 5.68. The Balaban J connectivity index is 1.96. The van der Waals surface area contributed by atoms with Gasteiger partial charge in [0.15, 0.2) is 0 Å². The van der Waals surface area contributed by atoms with Crippen molar-refractivity contribution in [2.24, 2.45) is 5.73 Å². The third kappa shape index (κ3) is 5.18. The smallest absolute Gasteiger partial charge is 0.410 e. The lowest BCUT2D eigenvalue weighted by Gasteiger charge is -2.41. The van der Waals surface area contributed by atoms with Gasteiger partial charge in [-0.1, -0.05) is 12.1 Å². The standard InChI is InChI=1S/C17H26FN3O2/c1-17(2,3)23-16(22)21-9-8-20(15(10-19)12-21)11-13-4-6-14(18)7-5-13/h4-7,15H,8-12,19H2,1-3H3. The molecule has 1 heterocycles. The van der Waals surface area contributed by atoms with Crippen LogP contribution in [0.15, 0.2) is 24.3 Å². The van der Waals surface area contributed by atoms with Gasteiger partial charge in [0.2, 0.25) is 0 Å². The molecule has 1 saturated heterocycles. The van der Waals surface area contributed by atoms with Crippen molar-refractivity contribution in [2.45, 2.75) is 39.0 Å². The van der Waals surface area contributed by atoms with Gasteiger partial charge < -0.3 is 15.4 Å². The van der Waals surface area contributed by atoms with Gasteiger partial charge >= 0.3 is 6.09 Å². The van der Waals surface area contributed by atoms with Gasteiger partial charge in [-0.2, -0.15) is 0 Å². The van der Waals surface area contributed by atoms with Crippen LogP contribution in [0.1, 0.15) is 26.3 Å². The lowest BCUT2D eigenvalue weighted by molar-refractivity contribution is 0.00353. The number of amides is 1. The van der Waals surface area contributed by atoms with Crippen LogP contribution < -0.4 is 5.73 Å². The second kappa shape index (κ2) is 7.27. The van der Waals surface area contributed by atoms with E-state index < -0.39 is 5.60 Å². The Morgan fingerprint density at radius 1 is 1.30 bits per heavy atom. The molecular weight excluding hydrogens is 297 g/mol. The molecule has 1 unspecified atom stereocenters. The number of benzene rings is 1. The van der Waals surface area contributed by atoms with Crippen LogP contribution in [-0.2, 0) is 11.3 Å². The van der Waals surface area contributed by atoms with Crippen molar-refractivity contribution in [3.63, 3.8) is 0 Å². The minimum atomic E-state index is -0.499. The molecule has 0 aromatic heterocycles. The molecule has 1 atom stereocenters. The Morgan fingerprint density at radius 3 is 2.52 bits per heavy atom. The summed E-state index contributed by atoms with van der Waals surface area (Å²) in [5.74, 6) is -0.237. The first-order chi connectivity index (χ1) is 10.8. The summed E-state index contributed by atoms with van der Waals surface area (Å²) in [6.07, 6.45) is -0.294. The average molecular weight is 323 g/mol. The predicted octanol–water partition coefficient (Wildman–Crippen LogP) is 2.21. The highest BCUT2D eigenvalue weighted by Crippen LogP contribution is 2.17. The Kier molecular flexibility index (Phi) is 5.59. The Bertz CT molecular complexity index is 528. The number of carbonyl (C=O) groups excluding carboxylic acids is 1. The highest BCUT2D eigenvalue weighted by Gasteiger charge is 2.31. The molecule has 1 amide bonds. The van der Waals surface area contributed by atoms with E-state index in [2.05, 4.69) is 4.90 Å². The van der Waals surface area contributed by atoms with Gasteiger partial charge in [-0.15, -0.1) is 0 Å². The number of hydrogen-bond donors (Lipinski definition) is 1. The molecule has 0 saturated carbocycles. The summed E-state index contributed by atoms with van der Waals surface area (Å²) in [6.45, 7) is 8.60. The monoisotopic (exact) mass is 323 g/mol. The summed E-state index contributed by atoms with van der Waals surface area (Å²) in [4.78, 5) is 16.1. The van der Waals surface area contributed by atoms with Gasteiger partial charge in [0.05, 0.1) is 0 Å². The van der Waals surface area contributed by atoms with Crippen LogP contribution in [0.3, 0.4) is 0 Å². The summed E-state index contributed by atoms with van der Waals surface area (Å²) in [5.41, 5.74) is 6.42. The fourth-order valence-electron chi connectivity index (χ4n) is 2.64. The van der Waals surface area contributed by atoms with Crippen molar-refractivity contribution in [3.05, 3.63) is 35.6 Å². The molecule has 5 nitrogen and oxygen atoms in total. The Hall–Kier alpha value is -1.66. The third-order valence-corrected chi connectivity index (χ3v) is 3.83. The van der Waals surface area contributed by atoms with Gasteiger partial charge in [0.25, 0.3) is 0 Å². The van der Waals surface area contributed by atoms with Crippen molar-refractivity contribution in [3.8, 4) is 0 Å². The van der Waals surface area contributed by atoms with Crippen molar-refractivity contribution >= 4 is 6.09 Å². The molecule has 0 aliphatic carbocycles. The van der Waals surface area contributed by atoms with Crippen LogP contribution in [0, 0.1) is 5.82 Å². The topological polar surface area (TPSA) is 58.8 Å². The molecule has 2 rings (SSSR count). The zero-order chi connectivity index (χ0) is 17.0. The van der Waals surface area contributed by atoms with E-state index in [4.69, 9.17) is 10.5 Å². The number of hydrogen-bond acceptors (Lipinski definition) is 4. The molecule has 0 radical (unpaired) electrons. The highest BCUT2D eigenvalue weighted by atomic mass is 19.1. The molecule has 0 bridgehead atoms. The van der Waals surface area contributed by atoms with Crippen molar-refractivity contribution < 1.29 is 13.9 Å². The molecular formula is C17H26FN3O2. The van der Waals surface area contributed by atoms with Crippen molar-refractivity contribution in [1.82, 2.24) is 9.80 Å². The second-order valence-corrected chi connectivity index (χ2v) is 6.91. The van der Waals surface area contributed by atoms with Crippen LogP contribution in [0.4, 0.5) is 9.18 Å². The van der Waals surface area contributed by atoms with Crippen LogP contribution in [-0.4, -0.2) is 53.7 Å². The van der Waals surface area contributed by atoms with E-state index in [-0.39, 0.29) is 18.0 Å². The summed E-state index contributed by atoms with van der Waals surface area (Å²) in [5, 5.41) is 0. The number of nitrogens with two attached hydrogens (primary N) is 1. The van der Waals surface area contributed by atoms with Gasteiger partial charge in [-0.05, 0) is 38.5 Å². The second-order valence-electron chi connectivity index (χ2n) is 6.91. The first-order valence-electron chi connectivity index (χ1n) is 7.95. The molecule has 23 heavy (non-hydrogen) atoms. The fourth-order valence-corrected chi connectivity index (χ4v) is 2.64. The van der Waals surface area contributed by atoms with Crippen LogP contribution >= 0.6 is 0 Å². The van der Waals surface area contributed by atoms with E-state index in [1.54, 1.807) is 17.0 Å². The predicted molar refractivity (Wildman–Crippen MR) is 87.5 cm³/mol. The van der Waals surface area contributed by atoms with E-state index in [1.807, 2.05) is 20.8 Å². The molecule has 0 spiro atoms. The number of piperazine rings is 1. The first kappa shape index (κ1) is 17.7. The summed E-state index contributed by atoms with van der Waals surface area (Å²) in [6, 6.07) is 6.56. The molecule has 1 aromatic carbocycles. The molecule has 2 N–H and O–H groups in total. The number of halogens is 1. The van der Waals surface area contributed by atoms with Crippen molar-refractivity contribution in [2.75, 3.05) is 26.2 Å². The van der Waals surface area contributed by atoms with Crippen LogP contribution in [0.5, 0.6) is 0 Å². The van der Waals surface area contributed by atoms with Gasteiger partial charge in [0, 0.05) is 38.8 Å². The van der Waals surface area contributed by atoms with Gasteiger partial charge in [-0.25, -0.2) is 9.18 Å². The van der Waals surface area contributed by atoms with Crippen LogP contribution in [0.25, 0.3) is 0 Å². The zero-order valence-corrected chi connectivity index (χ0v) is 14.1. The number of nitrogens with zero attached hydrogens (tertiary/aromatic N) is 2. The first-order valence-corrected chi connectivity index (χ1v) is 7.95. The fraction of sp³-hybridized carbons (Fsp3) is 0.588. The maximum atomic E-state index is 13.0. The lowest BCUT2D eigenvalue weighted by Crippen LogP contribution is -2.57. The number of carbonyl (C=O) groups is 1. The minimum Gasteiger partial charge on any atom is -0.444 e. The maximum Gasteiger partial charge on any atom is 0.410 e. The molecule has 1 aliphatic heterocycles. The normalized spacial score (nSPS) is 19.7. The number of rotatable bonds is 3. The SMILES string of the molecule is CC(C)(C)OC(=O)N1CCN(Cc2ccc(F)cc2)C(CN)C1. The van der Waals surface area contributed by atoms with E-state index in [1.165, 1.54) is 12.1 Å². The lowest BCUT2D eigenvalue weighted by atomic mass is 10.1. The average Bonchev–Trinajstić information content (AvgIpc) is 2.48. The zero-order valence-electron chi connectivity index (χ0n) is 14.1. The molecule has 128 valence electrons. The quantitative estimate of drug-likeness (QED) is 0.926. The van der Waals surface area contributed by atoms with E-state index in [0.717, 1.165) is 12.1 Å². The Labute approximate surface area is 137 Å². The number of ether oxygens (including phenoxy) is 1. The Morgan fingerprint density at radius 2 is 1.96 bits per heavy atom. The largest absolute Gasteiger partial charge is 0.444 e. The molecule has 1 aromatic rings. The summed E-state index contributed by atoms with van der Waals surface area (Å²) >= 11 is 0. The van der Waals surface area contributed by atoms with E-state index in [9.17, 15) is 9.18 Å².